The molecule has 1 aromatic carbocycles. The van der Waals surface area contributed by atoms with Crippen molar-refractivity contribution in [2.24, 2.45) is 0 Å². The van der Waals surface area contributed by atoms with Crippen LogP contribution in [0.1, 0.15) is 55.8 Å². The number of hydrogen-bond acceptors (Lipinski definition) is 3. The van der Waals surface area contributed by atoms with E-state index in [9.17, 15) is 31.1 Å². The number of nitrogens with one attached hydrogen (secondary N) is 1. The lowest BCUT2D eigenvalue weighted by Gasteiger charge is -2.25. The Morgan fingerprint density at radius 3 is 2.34 bits per heavy atom. The molecule has 0 bridgehead atoms. The molecule has 4 rings (SSSR count). The molecule has 0 radical (unpaired) electrons. The highest BCUT2D eigenvalue weighted by molar-refractivity contribution is 6.08. The number of carbonyl (C=O) groups excluding carboxylic acids is 1. The summed E-state index contributed by atoms with van der Waals surface area (Å²) in [4.78, 5) is 16.5. The van der Waals surface area contributed by atoms with Crippen LogP contribution in [0.3, 0.4) is 0 Å². The number of hydrogen-bond donors (Lipinski definition) is 1. The van der Waals surface area contributed by atoms with Gasteiger partial charge in [-0.15, -0.1) is 0 Å². The zero-order chi connectivity index (χ0) is 25.5. The lowest BCUT2D eigenvalue weighted by molar-refractivity contribution is -0.141. The highest BCUT2D eigenvalue weighted by Crippen LogP contribution is 2.44. The lowest BCUT2D eigenvalue weighted by Crippen LogP contribution is -2.25. The van der Waals surface area contributed by atoms with Crippen molar-refractivity contribution in [2.75, 3.05) is 5.32 Å². The van der Waals surface area contributed by atoms with Crippen LogP contribution in [-0.4, -0.2) is 17.0 Å². The number of halogens is 6. The molecular weight excluding hydrogens is 474 g/mol. The molecular formula is C25H22F6N2O2. The third-order valence-electron chi connectivity index (χ3n) is 5.92. The summed E-state index contributed by atoms with van der Waals surface area (Å²) in [5, 5.41) is 2.42. The van der Waals surface area contributed by atoms with Gasteiger partial charge in [0.1, 0.15) is 11.8 Å². The van der Waals surface area contributed by atoms with Crippen LogP contribution in [0.4, 0.5) is 32.0 Å². The van der Waals surface area contributed by atoms with Gasteiger partial charge in [0.05, 0.1) is 11.3 Å². The summed E-state index contributed by atoms with van der Waals surface area (Å²) in [6.45, 7) is 3.23. The molecule has 2 aliphatic carbocycles. The maximum atomic E-state index is 13.5. The molecule has 1 heterocycles. The van der Waals surface area contributed by atoms with Crippen LogP contribution in [0.2, 0.25) is 0 Å². The second kappa shape index (κ2) is 9.05. The number of ether oxygens (including phenoxy) is 1. The summed E-state index contributed by atoms with van der Waals surface area (Å²) >= 11 is 0. The maximum absolute atomic E-state index is 13.5. The maximum Gasteiger partial charge on any atom is 0.433 e. The van der Waals surface area contributed by atoms with E-state index in [2.05, 4.69) is 10.3 Å². The molecule has 0 unspecified atom stereocenters. The van der Waals surface area contributed by atoms with Gasteiger partial charge in [0.2, 0.25) is 5.88 Å². The summed E-state index contributed by atoms with van der Waals surface area (Å²) in [5.74, 6) is -0.709. The van der Waals surface area contributed by atoms with Gasteiger partial charge < -0.3 is 10.1 Å². The number of alkyl halides is 6. The zero-order valence-corrected chi connectivity index (χ0v) is 18.8. The van der Waals surface area contributed by atoms with Crippen LogP contribution in [0, 0.1) is 0 Å². The predicted molar refractivity (Wildman–Crippen MR) is 117 cm³/mol. The summed E-state index contributed by atoms with van der Waals surface area (Å²) in [5.41, 5.74) is -0.382. The molecule has 0 saturated heterocycles. The van der Waals surface area contributed by atoms with Crippen molar-refractivity contribution in [1.82, 2.24) is 4.98 Å². The van der Waals surface area contributed by atoms with E-state index in [1.807, 2.05) is 0 Å². The Bertz CT molecular complexity index is 1210. The average Bonchev–Trinajstić information content (AvgIpc) is 3.57. The molecule has 0 aliphatic heterocycles. The molecule has 186 valence electrons. The summed E-state index contributed by atoms with van der Waals surface area (Å²) in [6.07, 6.45) is -6.44. The Morgan fingerprint density at radius 1 is 1.03 bits per heavy atom. The van der Waals surface area contributed by atoms with Gasteiger partial charge in [-0.3, -0.25) is 4.79 Å². The van der Waals surface area contributed by atoms with Crippen molar-refractivity contribution in [3.8, 4) is 5.88 Å². The van der Waals surface area contributed by atoms with Crippen LogP contribution < -0.4 is 10.1 Å². The third-order valence-corrected chi connectivity index (χ3v) is 5.92. The van der Waals surface area contributed by atoms with E-state index in [1.165, 1.54) is 24.3 Å². The normalized spacial score (nSPS) is 18.9. The van der Waals surface area contributed by atoms with E-state index in [0.29, 0.717) is 11.1 Å². The Morgan fingerprint density at radius 2 is 1.74 bits per heavy atom. The molecule has 10 heteroatoms. The second-order valence-electron chi connectivity index (χ2n) is 8.76. The van der Waals surface area contributed by atoms with E-state index in [0.717, 1.165) is 30.5 Å². The van der Waals surface area contributed by atoms with Crippen LogP contribution >= 0.6 is 0 Å². The predicted octanol–water partition coefficient (Wildman–Crippen LogP) is 7.05. The van der Waals surface area contributed by atoms with Crippen molar-refractivity contribution in [2.45, 2.75) is 57.5 Å². The number of rotatable bonds is 5. The van der Waals surface area contributed by atoms with Crippen molar-refractivity contribution >= 4 is 11.6 Å². The summed E-state index contributed by atoms with van der Waals surface area (Å²) in [6, 6.07) is 7.11. The molecule has 1 atom stereocenters. The molecule has 1 aromatic heterocycles. The standard InChI is InChI=1S/C25H22F6N2O2/c1-13-10-17(35-21-5-3-4-20(33-21)25(29,30)31)11-14(2)22(13)23(34)32-19-12-16(15-6-7-15)8-9-18(19)24(26,27)28/h3-5,8-10,12,15,17H,6-7,11H2,1-2H3,(H,32,34)/t17-/m1/s1. The molecule has 4 nitrogen and oxygen atoms in total. The van der Waals surface area contributed by atoms with Crippen LogP contribution in [-0.2, 0) is 17.1 Å². The van der Waals surface area contributed by atoms with E-state index in [-0.39, 0.29) is 29.5 Å². The summed E-state index contributed by atoms with van der Waals surface area (Å²) < 4.78 is 84.9. The number of aromatic nitrogens is 1. The van der Waals surface area contributed by atoms with Crippen molar-refractivity contribution < 1.29 is 35.9 Å². The first-order chi connectivity index (χ1) is 16.3. The average molecular weight is 496 g/mol. The molecule has 2 aromatic rings. The number of pyridine rings is 1. The SMILES string of the molecule is CC1=C[C@@H](Oc2cccc(C(F)(F)F)n2)CC(C)=C1C(=O)Nc1cc(C2CC2)ccc1C(F)(F)F. The molecule has 1 N–H and O–H groups in total. The lowest BCUT2D eigenvalue weighted by atomic mass is 9.90. The van der Waals surface area contributed by atoms with Crippen molar-refractivity contribution in [3.63, 3.8) is 0 Å². The van der Waals surface area contributed by atoms with E-state index in [1.54, 1.807) is 19.9 Å². The van der Waals surface area contributed by atoms with Gasteiger partial charge in [-0.1, -0.05) is 17.7 Å². The minimum atomic E-state index is -4.64. The summed E-state index contributed by atoms with van der Waals surface area (Å²) in [7, 11) is 0. The molecule has 35 heavy (non-hydrogen) atoms. The van der Waals surface area contributed by atoms with Crippen molar-refractivity contribution in [3.05, 3.63) is 76.0 Å². The number of carbonyl (C=O) groups is 1. The fourth-order valence-corrected chi connectivity index (χ4v) is 4.17. The Kier molecular flexibility index (Phi) is 6.42. The smallest absolute Gasteiger partial charge is 0.433 e. The molecule has 1 fully saturated rings. The van der Waals surface area contributed by atoms with Gasteiger partial charge in [-0.05, 0) is 68.0 Å². The Hall–Kier alpha value is -3.30. The van der Waals surface area contributed by atoms with Crippen LogP contribution in [0.5, 0.6) is 5.88 Å². The fraction of sp³-hybridized carbons (Fsp3) is 0.360. The van der Waals surface area contributed by atoms with Crippen molar-refractivity contribution in [1.29, 1.82) is 0 Å². The second-order valence-corrected chi connectivity index (χ2v) is 8.76. The first kappa shape index (κ1) is 24.8. The topological polar surface area (TPSA) is 51.2 Å². The van der Waals surface area contributed by atoms with Gasteiger partial charge >= 0.3 is 12.4 Å². The quantitative estimate of drug-likeness (QED) is 0.452. The minimum absolute atomic E-state index is 0.159. The van der Waals surface area contributed by atoms with Gasteiger partial charge in [0, 0.05) is 18.1 Å². The minimum Gasteiger partial charge on any atom is -0.470 e. The van der Waals surface area contributed by atoms with E-state index < -0.39 is 35.6 Å². The number of anilines is 1. The molecule has 1 saturated carbocycles. The van der Waals surface area contributed by atoms with Gasteiger partial charge in [0.15, 0.2) is 0 Å². The van der Waals surface area contributed by atoms with E-state index in [4.69, 9.17) is 4.74 Å². The molecule has 0 spiro atoms. The van der Waals surface area contributed by atoms with Crippen LogP contribution in [0.25, 0.3) is 0 Å². The van der Waals surface area contributed by atoms with E-state index >= 15 is 0 Å². The largest absolute Gasteiger partial charge is 0.470 e. The first-order valence-corrected chi connectivity index (χ1v) is 10.9. The number of benzene rings is 1. The van der Waals surface area contributed by atoms with Gasteiger partial charge in [-0.2, -0.15) is 26.3 Å². The van der Waals surface area contributed by atoms with Gasteiger partial charge in [-0.25, -0.2) is 4.98 Å². The Balaban J connectivity index is 1.53. The highest BCUT2D eigenvalue weighted by atomic mass is 19.4. The first-order valence-electron chi connectivity index (χ1n) is 10.9. The molecule has 2 aliphatic rings. The molecule has 1 amide bonds. The zero-order valence-electron chi connectivity index (χ0n) is 18.8. The number of amides is 1. The highest BCUT2D eigenvalue weighted by Gasteiger charge is 2.36. The van der Waals surface area contributed by atoms with Gasteiger partial charge in [0.25, 0.3) is 5.91 Å². The number of nitrogens with zero attached hydrogens (tertiary/aromatic N) is 1. The third kappa shape index (κ3) is 5.68. The Labute approximate surface area is 197 Å². The monoisotopic (exact) mass is 496 g/mol. The fourth-order valence-electron chi connectivity index (χ4n) is 4.17. The van der Waals surface area contributed by atoms with Crippen LogP contribution in [0.15, 0.2) is 59.2 Å².